The second kappa shape index (κ2) is 11.0. The minimum absolute atomic E-state index is 0.0476. The number of hydrazone groups is 1. The minimum atomic E-state index is -0.839. The van der Waals surface area contributed by atoms with E-state index in [9.17, 15) is 14.4 Å². The third kappa shape index (κ3) is 6.78. The van der Waals surface area contributed by atoms with Crippen LogP contribution in [0.1, 0.15) is 38.7 Å². The predicted molar refractivity (Wildman–Crippen MR) is 108 cm³/mol. The lowest BCUT2D eigenvalue weighted by molar-refractivity contribution is -0.139. The van der Waals surface area contributed by atoms with Gasteiger partial charge in [0.1, 0.15) is 0 Å². The average molecular weight is 404 g/mol. The van der Waals surface area contributed by atoms with Crippen molar-refractivity contribution in [2.45, 2.75) is 39.2 Å². The Bertz CT molecular complexity index is 759. The van der Waals surface area contributed by atoms with Crippen molar-refractivity contribution in [1.29, 1.82) is 0 Å². The molecule has 1 aromatic rings. The molecular weight excluding hydrogens is 376 g/mol. The van der Waals surface area contributed by atoms with E-state index in [2.05, 4.69) is 15.8 Å². The maximum atomic E-state index is 12.1. The molecule has 9 nitrogen and oxygen atoms in total. The van der Waals surface area contributed by atoms with Crippen LogP contribution in [-0.2, 0) is 14.4 Å². The highest BCUT2D eigenvalue weighted by Gasteiger charge is 2.19. The number of carbonyl (C=O) groups excluding carboxylic acids is 3. The van der Waals surface area contributed by atoms with Gasteiger partial charge in [0.25, 0.3) is 5.91 Å². The summed E-state index contributed by atoms with van der Waals surface area (Å²) in [6.45, 7) is 5.21. The average Bonchev–Trinajstić information content (AvgIpc) is 3.27. The second-order valence-corrected chi connectivity index (χ2v) is 6.77. The van der Waals surface area contributed by atoms with Crippen LogP contribution in [0.15, 0.2) is 23.3 Å². The van der Waals surface area contributed by atoms with E-state index in [1.54, 1.807) is 23.1 Å². The van der Waals surface area contributed by atoms with Gasteiger partial charge in [0.05, 0.1) is 13.3 Å². The van der Waals surface area contributed by atoms with Crippen LogP contribution < -0.4 is 20.2 Å². The maximum Gasteiger partial charge on any atom is 0.329 e. The molecule has 0 unspecified atom stereocenters. The molecule has 158 valence electrons. The number of hydrogen-bond donors (Lipinski definition) is 2. The number of hydrogen-bond acceptors (Lipinski definition) is 6. The van der Waals surface area contributed by atoms with E-state index in [1.807, 2.05) is 13.8 Å². The lowest BCUT2D eigenvalue weighted by Gasteiger charge is -2.16. The summed E-state index contributed by atoms with van der Waals surface area (Å²) in [7, 11) is 1.49. The predicted octanol–water partition coefficient (Wildman–Crippen LogP) is 1.06. The molecule has 1 aromatic carbocycles. The molecule has 2 N–H and O–H groups in total. The monoisotopic (exact) mass is 404 g/mol. The van der Waals surface area contributed by atoms with Crippen LogP contribution >= 0.6 is 0 Å². The molecule has 9 heteroatoms. The van der Waals surface area contributed by atoms with E-state index < -0.39 is 11.8 Å². The molecule has 1 heterocycles. The number of nitrogens with one attached hydrogen (secondary N) is 2. The molecule has 0 aromatic heterocycles. The fourth-order valence-electron chi connectivity index (χ4n) is 2.69. The maximum absolute atomic E-state index is 12.1. The van der Waals surface area contributed by atoms with E-state index in [-0.39, 0.29) is 18.6 Å². The molecule has 0 radical (unpaired) electrons. The Morgan fingerprint density at radius 2 is 1.93 bits per heavy atom. The molecule has 0 spiro atoms. The van der Waals surface area contributed by atoms with Crippen LogP contribution in [0.25, 0.3) is 0 Å². The van der Waals surface area contributed by atoms with Crippen molar-refractivity contribution in [3.63, 3.8) is 0 Å². The van der Waals surface area contributed by atoms with Crippen LogP contribution in [-0.4, -0.2) is 61.7 Å². The Morgan fingerprint density at radius 1 is 1.21 bits per heavy atom. The zero-order valence-corrected chi connectivity index (χ0v) is 17.1. The first-order valence-corrected chi connectivity index (χ1v) is 9.67. The first kappa shape index (κ1) is 22.2. The quantitative estimate of drug-likeness (QED) is 0.383. The number of ether oxygens (including phenoxy) is 2. The van der Waals surface area contributed by atoms with Gasteiger partial charge in [-0.25, -0.2) is 5.43 Å². The number of benzene rings is 1. The van der Waals surface area contributed by atoms with E-state index in [1.165, 1.54) is 13.3 Å². The Morgan fingerprint density at radius 3 is 2.59 bits per heavy atom. The molecule has 2 rings (SSSR count). The molecule has 0 bridgehead atoms. The van der Waals surface area contributed by atoms with Crippen LogP contribution in [0.3, 0.4) is 0 Å². The lowest BCUT2D eigenvalue weighted by atomic mass is 10.2. The normalized spacial score (nSPS) is 14.5. The Hall–Kier alpha value is -3.10. The van der Waals surface area contributed by atoms with Crippen molar-refractivity contribution in [2.75, 3.05) is 26.8 Å². The zero-order valence-electron chi connectivity index (χ0n) is 17.1. The molecule has 0 aliphatic carbocycles. The van der Waals surface area contributed by atoms with Gasteiger partial charge < -0.3 is 19.7 Å². The third-order valence-electron chi connectivity index (χ3n) is 4.57. The number of likely N-dealkylation sites (tertiary alicyclic amines) is 1. The number of carbonyl (C=O) groups is 3. The fraction of sp³-hybridized carbons (Fsp3) is 0.500. The highest BCUT2D eigenvalue weighted by molar-refractivity contribution is 6.35. The van der Waals surface area contributed by atoms with Gasteiger partial charge in [-0.3, -0.25) is 14.4 Å². The first-order chi connectivity index (χ1) is 13.9. The zero-order chi connectivity index (χ0) is 21.2. The molecule has 1 saturated heterocycles. The summed E-state index contributed by atoms with van der Waals surface area (Å²) in [6.07, 6.45) is 4.16. The molecular formula is C20H28N4O5. The summed E-state index contributed by atoms with van der Waals surface area (Å²) in [5.74, 6) is -0.749. The summed E-state index contributed by atoms with van der Waals surface area (Å²) in [6, 6.07) is 4.93. The largest absolute Gasteiger partial charge is 0.493 e. The van der Waals surface area contributed by atoms with Gasteiger partial charge in [-0.05, 0) is 49.9 Å². The summed E-state index contributed by atoms with van der Waals surface area (Å²) in [5, 5.41) is 6.34. The van der Waals surface area contributed by atoms with Gasteiger partial charge in [0, 0.05) is 19.1 Å². The van der Waals surface area contributed by atoms with Crippen molar-refractivity contribution in [3.8, 4) is 11.5 Å². The van der Waals surface area contributed by atoms with Crippen LogP contribution in [0, 0.1) is 0 Å². The number of amides is 3. The highest BCUT2D eigenvalue weighted by atomic mass is 16.5. The lowest BCUT2D eigenvalue weighted by Crippen LogP contribution is -2.41. The van der Waals surface area contributed by atoms with Crippen LogP contribution in [0.4, 0.5) is 0 Å². The Labute approximate surface area is 170 Å². The summed E-state index contributed by atoms with van der Waals surface area (Å²) in [5.41, 5.74) is 2.81. The van der Waals surface area contributed by atoms with E-state index in [4.69, 9.17) is 9.47 Å². The number of methoxy groups -OCH3 is 1. The van der Waals surface area contributed by atoms with Crippen molar-refractivity contribution in [1.82, 2.24) is 15.6 Å². The Kier molecular flexibility index (Phi) is 8.45. The number of rotatable bonds is 8. The van der Waals surface area contributed by atoms with Crippen molar-refractivity contribution < 1.29 is 23.9 Å². The molecule has 0 saturated carbocycles. The summed E-state index contributed by atoms with van der Waals surface area (Å²) in [4.78, 5) is 37.2. The van der Waals surface area contributed by atoms with Gasteiger partial charge in [-0.2, -0.15) is 5.10 Å². The van der Waals surface area contributed by atoms with Gasteiger partial charge in [0.2, 0.25) is 0 Å². The smallest absolute Gasteiger partial charge is 0.329 e. The van der Waals surface area contributed by atoms with Gasteiger partial charge >= 0.3 is 11.8 Å². The topological polar surface area (TPSA) is 109 Å². The molecule has 1 fully saturated rings. The standard InChI is InChI=1S/C20H28N4O5/c1-4-14(2)22-19(26)20(27)23-21-12-15-7-8-16(17(11-15)28-3)29-13-18(25)24-9-5-6-10-24/h7-8,11-12,14H,4-6,9-10,13H2,1-3H3,(H,22,26)(H,23,27)/b21-12-/t14-/m0/s1. The first-order valence-electron chi connectivity index (χ1n) is 9.67. The van der Waals surface area contributed by atoms with Gasteiger partial charge in [0.15, 0.2) is 18.1 Å². The van der Waals surface area contributed by atoms with E-state index in [0.29, 0.717) is 17.1 Å². The molecule has 29 heavy (non-hydrogen) atoms. The molecule has 3 amide bonds. The molecule has 1 aliphatic heterocycles. The summed E-state index contributed by atoms with van der Waals surface area (Å²) >= 11 is 0. The van der Waals surface area contributed by atoms with Gasteiger partial charge in [-0.1, -0.05) is 6.92 Å². The van der Waals surface area contributed by atoms with Crippen LogP contribution in [0.5, 0.6) is 11.5 Å². The SMILES string of the molecule is CC[C@H](C)NC(=O)C(=O)N/N=C\c1ccc(OCC(=O)N2CCCC2)c(OC)c1. The second-order valence-electron chi connectivity index (χ2n) is 6.77. The minimum Gasteiger partial charge on any atom is -0.493 e. The number of nitrogens with zero attached hydrogens (tertiary/aromatic N) is 2. The summed E-state index contributed by atoms with van der Waals surface area (Å²) < 4.78 is 10.9. The van der Waals surface area contributed by atoms with Gasteiger partial charge in [-0.15, -0.1) is 0 Å². The van der Waals surface area contributed by atoms with E-state index >= 15 is 0 Å². The molecule has 1 aliphatic rings. The fourth-order valence-corrected chi connectivity index (χ4v) is 2.69. The van der Waals surface area contributed by atoms with Crippen molar-refractivity contribution in [2.24, 2.45) is 5.10 Å². The van der Waals surface area contributed by atoms with Crippen molar-refractivity contribution in [3.05, 3.63) is 23.8 Å². The molecule has 1 atom stereocenters. The highest BCUT2D eigenvalue weighted by Crippen LogP contribution is 2.27. The van der Waals surface area contributed by atoms with E-state index in [0.717, 1.165) is 32.4 Å². The third-order valence-corrected chi connectivity index (χ3v) is 4.57. The van der Waals surface area contributed by atoms with Crippen molar-refractivity contribution >= 4 is 23.9 Å². The Balaban J connectivity index is 1.90. The van der Waals surface area contributed by atoms with Crippen LogP contribution in [0.2, 0.25) is 0 Å².